The van der Waals surface area contributed by atoms with Crippen molar-refractivity contribution in [1.29, 1.82) is 0 Å². The number of amides is 1. The first-order valence-corrected chi connectivity index (χ1v) is 7.45. The molecule has 1 amide bonds. The van der Waals surface area contributed by atoms with Gasteiger partial charge in [0.05, 0.1) is 11.2 Å². The lowest BCUT2D eigenvalue weighted by molar-refractivity contribution is 0.102. The van der Waals surface area contributed by atoms with Crippen LogP contribution in [0.15, 0.2) is 41.4 Å². The molecular formula is C12H9ClFN3O3S. The molecule has 2 rings (SSSR count). The van der Waals surface area contributed by atoms with Crippen molar-refractivity contribution in [2.45, 2.75) is 4.90 Å². The van der Waals surface area contributed by atoms with Gasteiger partial charge in [-0.2, -0.15) is 0 Å². The molecular weight excluding hydrogens is 321 g/mol. The van der Waals surface area contributed by atoms with Gasteiger partial charge in [0.2, 0.25) is 10.0 Å². The number of primary sulfonamides is 1. The number of benzene rings is 1. The second-order valence-electron chi connectivity index (χ2n) is 4.01. The number of sulfonamides is 1. The van der Waals surface area contributed by atoms with Gasteiger partial charge in [0.25, 0.3) is 5.91 Å². The first-order valence-electron chi connectivity index (χ1n) is 5.52. The number of rotatable bonds is 3. The Bertz CT molecular complexity index is 794. The minimum Gasteiger partial charge on any atom is -0.321 e. The molecule has 0 aliphatic carbocycles. The van der Waals surface area contributed by atoms with Crippen molar-refractivity contribution in [1.82, 2.24) is 4.98 Å². The van der Waals surface area contributed by atoms with Crippen LogP contribution in [-0.2, 0) is 10.0 Å². The van der Waals surface area contributed by atoms with Crippen molar-refractivity contribution in [3.63, 3.8) is 0 Å². The molecule has 9 heteroatoms. The number of anilines is 1. The number of nitrogens with one attached hydrogen (secondary N) is 1. The molecule has 0 atom stereocenters. The van der Waals surface area contributed by atoms with Crippen LogP contribution in [0, 0.1) is 5.82 Å². The molecule has 1 aromatic heterocycles. The molecule has 0 unspecified atom stereocenters. The predicted molar refractivity (Wildman–Crippen MR) is 75.0 cm³/mol. The third-order valence-corrected chi connectivity index (χ3v) is 3.85. The molecule has 0 aliphatic heterocycles. The molecule has 21 heavy (non-hydrogen) atoms. The molecule has 0 spiro atoms. The fourth-order valence-corrected chi connectivity index (χ4v) is 2.61. The standard InChI is InChI=1S/C12H9ClFN3O3S/c13-9-5-8(2-4-11(9)21(15,19)20)17-12(18)10-3-1-7(14)6-16-10/h1-6H,(H,17,18)(H2,15,19,20). The van der Waals surface area contributed by atoms with Crippen LogP contribution in [-0.4, -0.2) is 19.3 Å². The van der Waals surface area contributed by atoms with Gasteiger partial charge >= 0.3 is 0 Å². The quantitative estimate of drug-likeness (QED) is 0.895. The topological polar surface area (TPSA) is 102 Å². The highest BCUT2D eigenvalue weighted by atomic mass is 35.5. The third kappa shape index (κ3) is 3.75. The highest BCUT2D eigenvalue weighted by molar-refractivity contribution is 7.89. The molecule has 1 heterocycles. The Hall–Kier alpha value is -2.03. The molecule has 2 aromatic rings. The highest BCUT2D eigenvalue weighted by Crippen LogP contribution is 2.24. The second kappa shape index (κ2) is 5.76. The Morgan fingerprint density at radius 1 is 1.29 bits per heavy atom. The lowest BCUT2D eigenvalue weighted by atomic mass is 10.3. The van der Waals surface area contributed by atoms with Crippen LogP contribution in [0.25, 0.3) is 0 Å². The molecule has 6 nitrogen and oxygen atoms in total. The van der Waals surface area contributed by atoms with E-state index in [1.54, 1.807) is 0 Å². The van der Waals surface area contributed by atoms with Crippen molar-refractivity contribution in [3.8, 4) is 0 Å². The summed E-state index contributed by atoms with van der Waals surface area (Å²) < 4.78 is 35.1. The first-order chi connectivity index (χ1) is 9.77. The number of pyridine rings is 1. The van der Waals surface area contributed by atoms with E-state index in [2.05, 4.69) is 10.3 Å². The average Bonchev–Trinajstić information content (AvgIpc) is 2.37. The third-order valence-electron chi connectivity index (χ3n) is 2.46. The minimum atomic E-state index is -3.93. The average molecular weight is 330 g/mol. The summed E-state index contributed by atoms with van der Waals surface area (Å²) >= 11 is 5.79. The van der Waals surface area contributed by atoms with Crippen LogP contribution >= 0.6 is 11.6 Å². The molecule has 0 radical (unpaired) electrons. The lowest BCUT2D eigenvalue weighted by Gasteiger charge is -2.07. The Balaban J connectivity index is 2.22. The number of aromatic nitrogens is 1. The van der Waals surface area contributed by atoms with E-state index in [4.69, 9.17) is 16.7 Å². The van der Waals surface area contributed by atoms with Crippen LogP contribution in [0.1, 0.15) is 10.5 Å². The fourth-order valence-electron chi connectivity index (χ4n) is 1.51. The van der Waals surface area contributed by atoms with Gasteiger partial charge in [-0.15, -0.1) is 0 Å². The van der Waals surface area contributed by atoms with Crippen LogP contribution in [0.5, 0.6) is 0 Å². The number of nitrogens with two attached hydrogens (primary N) is 1. The van der Waals surface area contributed by atoms with Crippen LogP contribution in [0.4, 0.5) is 10.1 Å². The van der Waals surface area contributed by atoms with E-state index in [-0.39, 0.29) is 21.3 Å². The molecule has 0 aliphatic rings. The Kier molecular flexibility index (Phi) is 4.21. The van der Waals surface area contributed by atoms with Gasteiger partial charge < -0.3 is 5.32 Å². The van der Waals surface area contributed by atoms with Crippen LogP contribution < -0.4 is 10.5 Å². The van der Waals surface area contributed by atoms with Crippen LogP contribution in [0.3, 0.4) is 0 Å². The maximum Gasteiger partial charge on any atom is 0.274 e. The number of hydrogen-bond donors (Lipinski definition) is 2. The zero-order chi connectivity index (χ0) is 15.6. The van der Waals surface area contributed by atoms with E-state index < -0.39 is 21.7 Å². The lowest BCUT2D eigenvalue weighted by Crippen LogP contribution is -2.15. The van der Waals surface area contributed by atoms with Crippen molar-refractivity contribution in [2.24, 2.45) is 5.14 Å². The minimum absolute atomic E-state index is 0.00282. The second-order valence-corrected chi connectivity index (χ2v) is 5.94. The number of hydrogen-bond acceptors (Lipinski definition) is 4. The molecule has 0 saturated heterocycles. The normalized spacial score (nSPS) is 11.2. The summed E-state index contributed by atoms with van der Waals surface area (Å²) in [5.74, 6) is -1.15. The van der Waals surface area contributed by atoms with E-state index in [9.17, 15) is 17.6 Å². The summed E-state index contributed by atoms with van der Waals surface area (Å²) in [5.41, 5.74) is 0.256. The molecule has 3 N–H and O–H groups in total. The zero-order valence-corrected chi connectivity index (χ0v) is 12.0. The molecule has 1 aromatic carbocycles. The van der Waals surface area contributed by atoms with Gasteiger partial charge in [-0.05, 0) is 30.3 Å². The summed E-state index contributed by atoms with van der Waals surface area (Å²) in [6, 6.07) is 6.05. The van der Waals surface area contributed by atoms with Gasteiger partial charge in [0.15, 0.2) is 0 Å². The van der Waals surface area contributed by atoms with Crippen molar-refractivity contribution in [3.05, 3.63) is 53.1 Å². The summed E-state index contributed by atoms with van der Waals surface area (Å²) in [4.78, 5) is 15.2. The molecule has 0 bridgehead atoms. The summed E-state index contributed by atoms with van der Waals surface area (Å²) in [6.07, 6.45) is 0.909. The zero-order valence-electron chi connectivity index (χ0n) is 10.4. The SMILES string of the molecule is NS(=O)(=O)c1ccc(NC(=O)c2ccc(F)cn2)cc1Cl. The smallest absolute Gasteiger partial charge is 0.274 e. The van der Waals surface area contributed by atoms with Crippen LogP contribution in [0.2, 0.25) is 5.02 Å². The number of nitrogens with zero attached hydrogens (tertiary/aromatic N) is 1. The summed E-state index contributed by atoms with van der Waals surface area (Å²) in [7, 11) is -3.93. The number of halogens is 2. The van der Waals surface area contributed by atoms with Gasteiger partial charge in [0.1, 0.15) is 16.4 Å². The summed E-state index contributed by atoms with van der Waals surface area (Å²) in [5, 5.41) is 7.30. The Labute approximate surface area is 124 Å². The largest absolute Gasteiger partial charge is 0.321 e. The molecule has 0 fully saturated rings. The van der Waals surface area contributed by atoms with E-state index in [1.807, 2.05) is 0 Å². The van der Waals surface area contributed by atoms with Crippen molar-refractivity contribution in [2.75, 3.05) is 5.32 Å². The predicted octanol–water partition coefficient (Wildman–Crippen LogP) is 1.77. The maximum absolute atomic E-state index is 12.7. The van der Waals surface area contributed by atoms with E-state index in [0.717, 1.165) is 12.3 Å². The first kappa shape index (κ1) is 15.4. The van der Waals surface area contributed by atoms with E-state index in [0.29, 0.717) is 0 Å². The Morgan fingerprint density at radius 3 is 2.52 bits per heavy atom. The van der Waals surface area contributed by atoms with E-state index >= 15 is 0 Å². The molecule has 0 saturated carbocycles. The monoisotopic (exact) mass is 329 g/mol. The van der Waals surface area contributed by atoms with Crippen molar-refractivity contribution < 1.29 is 17.6 Å². The van der Waals surface area contributed by atoms with Gasteiger partial charge in [-0.1, -0.05) is 11.6 Å². The van der Waals surface area contributed by atoms with Gasteiger partial charge in [-0.25, -0.2) is 22.9 Å². The molecule has 110 valence electrons. The number of carbonyl (C=O) groups is 1. The van der Waals surface area contributed by atoms with Gasteiger partial charge in [0, 0.05) is 5.69 Å². The van der Waals surface area contributed by atoms with Gasteiger partial charge in [-0.3, -0.25) is 4.79 Å². The summed E-state index contributed by atoms with van der Waals surface area (Å²) in [6.45, 7) is 0. The highest BCUT2D eigenvalue weighted by Gasteiger charge is 2.14. The van der Waals surface area contributed by atoms with Crippen molar-refractivity contribution >= 4 is 33.2 Å². The number of carbonyl (C=O) groups excluding carboxylic acids is 1. The maximum atomic E-state index is 12.7. The van der Waals surface area contributed by atoms with E-state index in [1.165, 1.54) is 24.3 Å². The fraction of sp³-hybridized carbons (Fsp3) is 0. The Morgan fingerprint density at radius 2 is 2.00 bits per heavy atom.